The van der Waals surface area contributed by atoms with Gasteiger partial charge in [-0.1, -0.05) is 12.1 Å². The van der Waals surface area contributed by atoms with Crippen LogP contribution < -0.4 is 5.32 Å². The van der Waals surface area contributed by atoms with Crippen LogP contribution in [0, 0.1) is 6.92 Å². The minimum atomic E-state index is -0.0878. The third-order valence-corrected chi connectivity index (χ3v) is 2.70. The van der Waals surface area contributed by atoms with E-state index in [4.69, 9.17) is 9.84 Å². The minimum Gasteiger partial charge on any atom is -0.395 e. The molecule has 0 aliphatic rings. The molecule has 0 saturated heterocycles. The molecule has 1 aromatic carbocycles. The van der Waals surface area contributed by atoms with Crippen molar-refractivity contribution in [3.63, 3.8) is 0 Å². The number of carbonyl (C=O) groups excluding carboxylic acids is 1. The highest BCUT2D eigenvalue weighted by Crippen LogP contribution is 2.09. The molecule has 0 aliphatic carbocycles. The molecule has 1 rings (SSSR count). The monoisotopic (exact) mass is 266 g/mol. The van der Waals surface area contributed by atoms with Gasteiger partial charge < -0.3 is 15.2 Å². The third-order valence-electron chi connectivity index (χ3n) is 2.70. The van der Waals surface area contributed by atoms with Crippen molar-refractivity contribution in [1.29, 1.82) is 0 Å². The van der Waals surface area contributed by atoms with E-state index in [0.717, 1.165) is 11.3 Å². The largest absolute Gasteiger partial charge is 0.395 e. The molecule has 0 heterocycles. The van der Waals surface area contributed by atoms with Gasteiger partial charge in [0.2, 0.25) is 5.91 Å². The lowest BCUT2D eigenvalue weighted by atomic mass is 10.2. The van der Waals surface area contributed by atoms with Crippen LogP contribution >= 0.6 is 0 Å². The Morgan fingerprint density at radius 3 is 2.84 bits per heavy atom. The molecule has 0 spiro atoms. The Kier molecular flexibility index (Phi) is 7.10. The number of ether oxygens (including phenoxy) is 1. The van der Waals surface area contributed by atoms with E-state index in [0.29, 0.717) is 19.7 Å². The number of carbonyl (C=O) groups is 1. The summed E-state index contributed by atoms with van der Waals surface area (Å²) in [5.41, 5.74) is 1.89. The second-order valence-corrected chi connectivity index (χ2v) is 4.41. The number of hydrogen-bond donors (Lipinski definition) is 2. The van der Waals surface area contributed by atoms with E-state index in [-0.39, 0.29) is 19.1 Å². The van der Waals surface area contributed by atoms with Gasteiger partial charge in [0.1, 0.15) is 0 Å². The second-order valence-electron chi connectivity index (χ2n) is 4.41. The molecule has 0 unspecified atom stereocenters. The smallest absolute Gasteiger partial charge is 0.238 e. The summed E-state index contributed by atoms with van der Waals surface area (Å²) in [6, 6.07) is 7.66. The van der Waals surface area contributed by atoms with Crippen molar-refractivity contribution >= 4 is 11.6 Å². The average molecular weight is 266 g/mol. The van der Waals surface area contributed by atoms with Gasteiger partial charge in [-0.2, -0.15) is 0 Å². The van der Waals surface area contributed by atoms with Crippen molar-refractivity contribution in [2.75, 3.05) is 45.3 Å². The molecule has 106 valence electrons. The summed E-state index contributed by atoms with van der Waals surface area (Å²) in [6.07, 6.45) is 0. The second kappa shape index (κ2) is 8.63. The minimum absolute atomic E-state index is 0.0292. The highest BCUT2D eigenvalue weighted by Gasteiger charge is 2.10. The molecule has 0 saturated carbocycles. The molecule has 2 N–H and O–H groups in total. The molecule has 0 aromatic heterocycles. The summed E-state index contributed by atoms with van der Waals surface area (Å²) >= 11 is 0. The van der Waals surface area contributed by atoms with Crippen molar-refractivity contribution in [1.82, 2.24) is 4.90 Å². The third kappa shape index (κ3) is 6.33. The van der Waals surface area contributed by atoms with Crippen LogP contribution in [-0.4, -0.2) is 55.9 Å². The average Bonchev–Trinajstić information content (AvgIpc) is 2.36. The molecule has 0 radical (unpaired) electrons. The van der Waals surface area contributed by atoms with Crippen LogP contribution in [0.4, 0.5) is 5.69 Å². The van der Waals surface area contributed by atoms with Gasteiger partial charge in [0.15, 0.2) is 0 Å². The van der Waals surface area contributed by atoms with Crippen LogP contribution in [0.25, 0.3) is 0 Å². The zero-order chi connectivity index (χ0) is 14.1. The number of nitrogens with zero attached hydrogens (tertiary/aromatic N) is 1. The quantitative estimate of drug-likeness (QED) is 0.733. The summed E-state index contributed by atoms with van der Waals surface area (Å²) in [4.78, 5) is 13.8. The summed E-state index contributed by atoms with van der Waals surface area (Å²) in [6.45, 7) is 3.88. The van der Waals surface area contributed by atoms with E-state index >= 15 is 0 Å². The predicted molar refractivity (Wildman–Crippen MR) is 75.2 cm³/mol. The van der Waals surface area contributed by atoms with E-state index in [1.165, 1.54) is 0 Å². The summed E-state index contributed by atoms with van der Waals surface area (Å²) < 4.78 is 4.98. The van der Waals surface area contributed by atoms with E-state index < -0.39 is 0 Å². The van der Waals surface area contributed by atoms with Crippen molar-refractivity contribution in [3.05, 3.63) is 29.8 Å². The van der Waals surface area contributed by atoms with Crippen LogP contribution in [-0.2, 0) is 9.53 Å². The van der Waals surface area contributed by atoms with Crippen LogP contribution in [0.3, 0.4) is 0 Å². The Labute approximate surface area is 114 Å². The summed E-state index contributed by atoms with van der Waals surface area (Å²) in [5, 5.41) is 11.8. The molecule has 1 aromatic rings. The number of aryl methyl sites for hydroxylation is 1. The zero-order valence-electron chi connectivity index (χ0n) is 11.6. The molecule has 0 fully saturated rings. The normalized spacial score (nSPS) is 10.7. The standard InChI is InChI=1S/C14H22N2O3/c1-12-4-3-5-13(10-12)15-14(18)11-16(6-8-17)7-9-19-2/h3-5,10,17H,6-9,11H2,1-2H3,(H,15,18). The van der Waals surface area contributed by atoms with E-state index in [1.54, 1.807) is 7.11 Å². The van der Waals surface area contributed by atoms with E-state index in [2.05, 4.69) is 5.32 Å². The first-order valence-corrected chi connectivity index (χ1v) is 6.34. The van der Waals surface area contributed by atoms with Gasteiger partial charge in [-0.15, -0.1) is 0 Å². The molecule has 0 aliphatic heterocycles. The first kappa shape index (κ1) is 15.6. The lowest BCUT2D eigenvalue weighted by Gasteiger charge is -2.20. The molecular formula is C14H22N2O3. The Morgan fingerprint density at radius 1 is 1.42 bits per heavy atom. The van der Waals surface area contributed by atoms with Gasteiger partial charge in [0.25, 0.3) is 0 Å². The SMILES string of the molecule is COCCN(CCO)CC(=O)Nc1cccc(C)c1. The Bertz CT molecular complexity index is 396. The molecular weight excluding hydrogens is 244 g/mol. The Balaban J connectivity index is 2.47. The fourth-order valence-electron chi connectivity index (χ4n) is 1.76. The summed E-state index contributed by atoms with van der Waals surface area (Å²) in [5.74, 6) is -0.0878. The fraction of sp³-hybridized carbons (Fsp3) is 0.500. The van der Waals surface area contributed by atoms with Gasteiger partial charge in [0.05, 0.1) is 19.8 Å². The number of rotatable bonds is 8. The summed E-state index contributed by atoms with van der Waals surface area (Å²) in [7, 11) is 1.62. The van der Waals surface area contributed by atoms with Crippen molar-refractivity contribution in [3.8, 4) is 0 Å². The van der Waals surface area contributed by atoms with Gasteiger partial charge in [0, 0.05) is 25.9 Å². The maximum atomic E-state index is 11.9. The predicted octanol–water partition coefficient (Wildman–Crippen LogP) is 0.874. The van der Waals surface area contributed by atoms with Crippen molar-refractivity contribution in [2.45, 2.75) is 6.92 Å². The van der Waals surface area contributed by atoms with Crippen molar-refractivity contribution < 1.29 is 14.6 Å². The first-order valence-electron chi connectivity index (χ1n) is 6.34. The van der Waals surface area contributed by atoms with Gasteiger partial charge in [-0.25, -0.2) is 0 Å². The van der Waals surface area contributed by atoms with Gasteiger partial charge in [-0.3, -0.25) is 9.69 Å². The van der Waals surface area contributed by atoms with E-state index in [9.17, 15) is 4.79 Å². The number of aliphatic hydroxyl groups is 1. The van der Waals surface area contributed by atoms with Crippen LogP contribution in [0.15, 0.2) is 24.3 Å². The number of anilines is 1. The number of nitrogens with one attached hydrogen (secondary N) is 1. The van der Waals surface area contributed by atoms with Crippen LogP contribution in [0.1, 0.15) is 5.56 Å². The molecule has 0 bridgehead atoms. The molecule has 19 heavy (non-hydrogen) atoms. The van der Waals surface area contributed by atoms with Crippen molar-refractivity contribution in [2.24, 2.45) is 0 Å². The maximum absolute atomic E-state index is 11.9. The highest BCUT2D eigenvalue weighted by atomic mass is 16.5. The molecule has 1 amide bonds. The van der Waals surface area contributed by atoms with E-state index in [1.807, 2.05) is 36.1 Å². The number of benzene rings is 1. The molecule has 5 heteroatoms. The maximum Gasteiger partial charge on any atom is 0.238 e. The van der Waals surface area contributed by atoms with Crippen LogP contribution in [0.2, 0.25) is 0 Å². The molecule has 0 atom stereocenters. The number of hydrogen-bond acceptors (Lipinski definition) is 4. The number of aliphatic hydroxyl groups excluding tert-OH is 1. The lowest BCUT2D eigenvalue weighted by Crippen LogP contribution is -2.37. The number of amides is 1. The zero-order valence-corrected chi connectivity index (χ0v) is 11.6. The lowest BCUT2D eigenvalue weighted by molar-refractivity contribution is -0.117. The Morgan fingerprint density at radius 2 is 2.21 bits per heavy atom. The van der Waals surface area contributed by atoms with Gasteiger partial charge >= 0.3 is 0 Å². The Hall–Kier alpha value is -1.43. The van der Waals surface area contributed by atoms with Gasteiger partial charge in [-0.05, 0) is 24.6 Å². The first-order chi connectivity index (χ1) is 9.15. The van der Waals surface area contributed by atoms with Crippen LogP contribution in [0.5, 0.6) is 0 Å². The highest BCUT2D eigenvalue weighted by molar-refractivity contribution is 5.92. The topological polar surface area (TPSA) is 61.8 Å². The molecule has 5 nitrogen and oxygen atoms in total. The fourth-order valence-corrected chi connectivity index (χ4v) is 1.76. The number of methoxy groups -OCH3 is 1.